The van der Waals surface area contributed by atoms with Crippen LogP contribution >= 0.6 is 11.3 Å². The molecule has 0 spiro atoms. The molecular weight excluding hydrogens is 382 g/mol. The molecule has 2 atom stereocenters. The summed E-state index contributed by atoms with van der Waals surface area (Å²) >= 11 is 1.29. The fraction of sp³-hybridized carbons (Fsp3) is 0.583. The number of hydrogen-bond donors (Lipinski definition) is 0. The number of hydrogen-bond acceptors (Lipinski definition) is 4. The van der Waals surface area contributed by atoms with Gasteiger partial charge in [-0.3, -0.25) is 4.79 Å². The molecule has 5 heteroatoms. The zero-order valence-electron chi connectivity index (χ0n) is 18.9. The minimum atomic E-state index is -0.431. The number of ether oxygens (including phenoxy) is 1. The fourth-order valence-corrected chi connectivity index (χ4v) is 4.50. The lowest BCUT2D eigenvalue weighted by atomic mass is 9.80. The molecule has 0 bridgehead atoms. The standard InChI is InChI=1S/C24H33NO3S/c1-15(2)25(22(26)19-10-9-16(3)13-17(19)4)20-14-18(11-12-24(5,6)7)29-21(20)23(27)28-8/h9,14-15,17,19H,10,13H2,1-8H3/t17-,19-/m1/s1. The van der Waals surface area contributed by atoms with Gasteiger partial charge in [0.05, 0.1) is 17.7 Å². The van der Waals surface area contributed by atoms with Gasteiger partial charge >= 0.3 is 5.97 Å². The smallest absolute Gasteiger partial charge is 0.350 e. The zero-order valence-corrected chi connectivity index (χ0v) is 19.7. The number of rotatable bonds is 4. The van der Waals surface area contributed by atoms with E-state index in [1.165, 1.54) is 24.0 Å². The van der Waals surface area contributed by atoms with Crippen molar-refractivity contribution in [2.24, 2.45) is 17.3 Å². The summed E-state index contributed by atoms with van der Waals surface area (Å²) in [4.78, 5) is 29.0. The highest BCUT2D eigenvalue weighted by Crippen LogP contribution is 2.37. The van der Waals surface area contributed by atoms with Crippen LogP contribution in [0.2, 0.25) is 0 Å². The first-order chi connectivity index (χ1) is 13.4. The van der Waals surface area contributed by atoms with Crippen molar-refractivity contribution in [3.8, 4) is 11.8 Å². The maximum atomic E-state index is 13.6. The Morgan fingerprint density at radius 1 is 1.31 bits per heavy atom. The van der Waals surface area contributed by atoms with Gasteiger partial charge < -0.3 is 9.64 Å². The van der Waals surface area contributed by atoms with Crippen LogP contribution < -0.4 is 4.90 Å². The lowest BCUT2D eigenvalue weighted by Crippen LogP contribution is -2.44. The molecule has 2 rings (SSSR count). The third-order valence-electron chi connectivity index (χ3n) is 5.03. The summed E-state index contributed by atoms with van der Waals surface area (Å²) in [5.41, 5.74) is 1.80. The first-order valence-corrected chi connectivity index (χ1v) is 11.0. The summed E-state index contributed by atoms with van der Waals surface area (Å²) in [7, 11) is 1.37. The van der Waals surface area contributed by atoms with E-state index in [0.717, 1.165) is 17.7 Å². The largest absolute Gasteiger partial charge is 0.465 e. The Balaban J connectivity index is 2.51. The molecule has 0 saturated carbocycles. The molecule has 158 valence electrons. The maximum Gasteiger partial charge on any atom is 0.350 e. The first kappa shape index (κ1) is 23.2. The molecule has 1 amide bonds. The Morgan fingerprint density at radius 2 is 1.97 bits per heavy atom. The van der Waals surface area contributed by atoms with Crippen LogP contribution in [0.4, 0.5) is 5.69 Å². The van der Waals surface area contributed by atoms with Crippen molar-refractivity contribution in [2.45, 2.75) is 67.3 Å². The van der Waals surface area contributed by atoms with Crippen LogP contribution in [0.25, 0.3) is 0 Å². The van der Waals surface area contributed by atoms with Gasteiger partial charge in [-0.2, -0.15) is 0 Å². The Kier molecular flexibility index (Phi) is 7.35. The Bertz CT molecular complexity index is 861. The number of carbonyl (C=O) groups excluding carboxylic acids is 2. The molecule has 0 aliphatic heterocycles. The molecule has 0 fully saturated rings. The molecule has 1 aliphatic rings. The minimum absolute atomic E-state index is 0.0644. The van der Waals surface area contributed by atoms with Gasteiger partial charge in [-0.15, -0.1) is 11.3 Å². The van der Waals surface area contributed by atoms with E-state index in [-0.39, 0.29) is 29.2 Å². The summed E-state index contributed by atoms with van der Waals surface area (Å²) < 4.78 is 5.00. The summed E-state index contributed by atoms with van der Waals surface area (Å²) in [5.74, 6) is 6.19. The van der Waals surface area contributed by atoms with Gasteiger partial charge in [-0.1, -0.05) is 30.4 Å². The van der Waals surface area contributed by atoms with Crippen molar-refractivity contribution >= 4 is 28.9 Å². The van der Waals surface area contributed by atoms with E-state index < -0.39 is 5.97 Å². The molecule has 29 heavy (non-hydrogen) atoms. The van der Waals surface area contributed by atoms with E-state index in [9.17, 15) is 9.59 Å². The number of nitrogens with zero attached hydrogens (tertiary/aromatic N) is 1. The molecule has 0 radical (unpaired) electrons. The van der Waals surface area contributed by atoms with Gasteiger partial charge in [-0.25, -0.2) is 4.79 Å². The molecule has 0 saturated heterocycles. The highest BCUT2D eigenvalue weighted by atomic mass is 32.1. The normalized spacial score (nSPS) is 19.3. The van der Waals surface area contributed by atoms with Crippen LogP contribution in [0.5, 0.6) is 0 Å². The second-order valence-corrected chi connectivity index (χ2v) is 10.2. The average Bonchev–Trinajstić information content (AvgIpc) is 3.02. The zero-order chi connectivity index (χ0) is 21.9. The third kappa shape index (κ3) is 5.73. The molecule has 1 aromatic rings. The van der Waals surface area contributed by atoms with E-state index in [1.54, 1.807) is 4.90 Å². The molecule has 0 aromatic carbocycles. The highest BCUT2D eigenvalue weighted by molar-refractivity contribution is 7.15. The quantitative estimate of drug-likeness (QED) is 0.362. The van der Waals surface area contributed by atoms with Gasteiger partial charge in [0, 0.05) is 17.4 Å². The van der Waals surface area contributed by atoms with Crippen LogP contribution in [0.15, 0.2) is 17.7 Å². The molecule has 0 unspecified atom stereocenters. The number of methoxy groups -OCH3 is 1. The van der Waals surface area contributed by atoms with Gasteiger partial charge in [0.1, 0.15) is 4.88 Å². The fourth-order valence-electron chi connectivity index (χ4n) is 3.58. The molecule has 1 heterocycles. The summed E-state index contributed by atoms with van der Waals surface area (Å²) in [6.07, 6.45) is 3.83. The lowest BCUT2D eigenvalue weighted by Gasteiger charge is -2.34. The minimum Gasteiger partial charge on any atom is -0.465 e. The average molecular weight is 416 g/mol. The van der Waals surface area contributed by atoms with E-state index in [2.05, 4.69) is 31.8 Å². The van der Waals surface area contributed by atoms with Gasteiger partial charge in [0.25, 0.3) is 0 Å². The predicted octanol–water partition coefficient (Wildman–Crippen LogP) is 5.67. The second-order valence-electron chi connectivity index (χ2n) is 9.19. The number of amides is 1. The van der Waals surface area contributed by atoms with E-state index in [4.69, 9.17) is 4.74 Å². The van der Waals surface area contributed by atoms with Gasteiger partial charge in [-0.05, 0) is 66.4 Å². The van der Waals surface area contributed by atoms with Gasteiger partial charge in [0.2, 0.25) is 5.91 Å². The van der Waals surface area contributed by atoms with Crippen molar-refractivity contribution < 1.29 is 14.3 Å². The number of thiophene rings is 1. The molecule has 1 aliphatic carbocycles. The number of anilines is 1. The highest BCUT2D eigenvalue weighted by Gasteiger charge is 2.35. The van der Waals surface area contributed by atoms with Crippen molar-refractivity contribution in [3.05, 3.63) is 27.5 Å². The van der Waals surface area contributed by atoms with E-state index in [0.29, 0.717) is 10.6 Å². The molecule has 1 aromatic heterocycles. The van der Waals surface area contributed by atoms with Crippen LogP contribution in [0, 0.1) is 29.1 Å². The third-order valence-corrected chi connectivity index (χ3v) is 6.05. The van der Waals surface area contributed by atoms with E-state index >= 15 is 0 Å². The van der Waals surface area contributed by atoms with Crippen molar-refractivity contribution in [3.63, 3.8) is 0 Å². The molecule has 4 nitrogen and oxygen atoms in total. The van der Waals surface area contributed by atoms with Crippen molar-refractivity contribution in [2.75, 3.05) is 12.0 Å². The lowest BCUT2D eigenvalue weighted by molar-refractivity contribution is -0.124. The first-order valence-electron chi connectivity index (χ1n) is 10.2. The number of allylic oxidation sites excluding steroid dienone is 2. The predicted molar refractivity (Wildman–Crippen MR) is 120 cm³/mol. The number of esters is 1. The number of carbonyl (C=O) groups is 2. The van der Waals surface area contributed by atoms with E-state index in [1.807, 2.05) is 40.7 Å². The Morgan fingerprint density at radius 3 is 2.48 bits per heavy atom. The second kappa shape index (κ2) is 9.17. The van der Waals surface area contributed by atoms with Crippen molar-refractivity contribution in [1.29, 1.82) is 0 Å². The molecular formula is C24H33NO3S. The van der Waals surface area contributed by atoms with Crippen LogP contribution in [0.3, 0.4) is 0 Å². The summed E-state index contributed by atoms with van der Waals surface area (Å²) in [5, 5.41) is 0. The van der Waals surface area contributed by atoms with Crippen LogP contribution in [-0.2, 0) is 9.53 Å². The summed E-state index contributed by atoms with van der Waals surface area (Å²) in [6, 6.07) is 1.78. The topological polar surface area (TPSA) is 46.6 Å². The van der Waals surface area contributed by atoms with Crippen LogP contribution in [-0.4, -0.2) is 25.0 Å². The van der Waals surface area contributed by atoms with Crippen LogP contribution in [0.1, 0.15) is 75.9 Å². The maximum absolute atomic E-state index is 13.6. The SMILES string of the molecule is COC(=O)c1sc(C#CC(C)(C)C)cc1N(C(=O)[C@@H]1CC=C(C)C[C@H]1C)C(C)C. The Hall–Kier alpha value is -2.06. The Labute approximate surface area is 179 Å². The van der Waals surface area contributed by atoms with Gasteiger partial charge in [0.15, 0.2) is 0 Å². The van der Waals surface area contributed by atoms with Crippen molar-refractivity contribution in [1.82, 2.24) is 0 Å². The monoisotopic (exact) mass is 415 g/mol. The summed E-state index contributed by atoms with van der Waals surface area (Å²) in [6.45, 7) is 14.3. The molecule has 0 N–H and O–H groups in total.